The molecule has 0 radical (unpaired) electrons. The van der Waals surface area contributed by atoms with E-state index in [1.54, 1.807) is 19.1 Å². The summed E-state index contributed by atoms with van der Waals surface area (Å²) in [7, 11) is 0. The number of hydrogen-bond acceptors (Lipinski definition) is 3. The van der Waals surface area contributed by atoms with Crippen molar-refractivity contribution in [2.24, 2.45) is 0 Å². The van der Waals surface area contributed by atoms with Gasteiger partial charge in [0.1, 0.15) is 0 Å². The van der Waals surface area contributed by atoms with Gasteiger partial charge in [0.25, 0.3) is 0 Å². The van der Waals surface area contributed by atoms with Gasteiger partial charge in [-0.25, -0.2) is 4.79 Å². The van der Waals surface area contributed by atoms with Crippen molar-refractivity contribution < 1.29 is 9.53 Å². The molecule has 0 saturated carbocycles. The van der Waals surface area contributed by atoms with E-state index in [2.05, 4.69) is 6.07 Å². The Morgan fingerprint density at radius 2 is 2.00 bits per heavy atom. The Balaban J connectivity index is 2.83. The molecular formula is C13H15NO2. The van der Waals surface area contributed by atoms with Crippen molar-refractivity contribution in [3.63, 3.8) is 0 Å². The van der Waals surface area contributed by atoms with Crippen LogP contribution >= 0.6 is 0 Å². The number of carbonyl (C=O) groups excluding carboxylic acids is 1. The molecule has 0 amide bonds. The Morgan fingerprint density at radius 1 is 1.38 bits per heavy atom. The molecule has 16 heavy (non-hydrogen) atoms. The molecule has 0 saturated heterocycles. The summed E-state index contributed by atoms with van der Waals surface area (Å²) in [5.41, 5.74) is 1.47. The van der Waals surface area contributed by atoms with E-state index in [1.165, 1.54) is 0 Å². The molecule has 1 aromatic rings. The molecule has 1 rings (SSSR count). The van der Waals surface area contributed by atoms with Crippen molar-refractivity contribution in [2.75, 3.05) is 6.61 Å². The Bertz CT molecular complexity index is 389. The number of ether oxygens (including phenoxy) is 1. The largest absolute Gasteiger partial charge is 0.462 e. The summed E-state index contributed by atoms with van der Waals surface area (Å²) in [6.45, 7) is 4.11. The van der Waals surface area contributed by atoms with E-state index >= 15 is 0 Å². The van der Waals surface area contributed by atoms with Gasteiger partial charge in [-0.2, -0.15) is 5.26 Å². The molecule has 0 aliphatic heterocycles. The van der Waals surface area contributed by atoms with E-state index in [0.717, 1.165) is 12.0 Å². The summed E-state index contributed by atoms with van der Waals surface area (Å²) < 4.78 is 4.88. The second-order valence-corrected chi connectivity index (χ2v) is 3.43. The number of carbonyl (C=O) groups is 1. The first-order chi connectivity index (χ1) is 7.72. The molecule has 1 atom stereocenters. The van der Waals surface area contributed by atoms with Gasteiger partial charge in [-0.1, -0.05) is 19.1 Å². The highest BCUT2D eigenvalue weighted by Crippen LogP contribution is 2.19. The molecule has 0 spiro atoms. The monoisotopic (exact) mass is 217 g/mol. The second-order valence-electron chi connectivity index (χ2n) is 3.43. The van der Waals surface area contributed by atoms with Crippen LogP contribution in [0.3, 0.4) is 0 Å². The lowest BCUT2D eigenvalue weighted by Crippen LogP contribution is -2.04. The van der Waals surface area contributed by atoms with Gasteiger partial charge < -0.3 is 4.74 Å². The average Bonchev–Trinajstić information content (AvgIpc) is 2.32. The molecule has 1 aromatic carbocycles. The zero-order chi connectivity index (χ0) is 12.0. The minimum absolute atomic E-state index is 0.101. The summed E-state index contributed by atoms with van der Waals surface area (Å²) in [6.07, 6.45) is 0.773. The van der Waals surface area contributed by atoms with E-state index in [4.69, 9.17) is 10.00 Å². The normalized spacial score (nSPS) is 11.6. The highest BCUT2D eigenvalue weighted by atomic mass is 16.5. The van der Waals surface area contributed by atoms with Crippen molar-refractivity contribution in [1.82, 2.24) is 0 Å². The van der Waals surface area contributed by atoms with Crippen molar-refractivity contribution in [2.45, 2.75) is 26.2 Å². The predicted molar refractivity (Wildman–Crippen MR) is 61.0 cm³/mol. The van der Waals surface area contributed by atoms with Crippen LogP contribution < -0.4 is 0 Å². The molecule has 3 nitrogen and oxygen atoms in total. The fraction of sp³-hybridized carbons (Fsp3) is 0.385. The molecule has 1 unspecified atom stereocenters. The first-order valence-corrected chi connectivity index (χ1v) is 5.39. The van der Waals surface area contributed by atoms with Crippen molar-refractivity contribution >= 4 is 5.97 Å². The SMILES string of the molecule is CCOC(=O)c1ccc(C(C#N)CC)cc1. The van der Waals surface area contributed by atoms with Crippen LogP contribution in [0.1, 0.15) is 42.1 Å². The Hall–Kier alpha value is -1.82. The van der Waals surface area contributed by atoms with Crippen LogP contribution in [0.2, 0.25) is 0 Å². The third kappa shape index (κ3) is 2.83. The summed E-state index contributed by atoms with van der Waals surface area (Å²) in [5, 5.41) is 8.90. The lowest BCUT2D eigenvalue weighted by Gasteiger charge is -2.07. The van der Waals surface area contributed by atoms with Crippen LogP contribution in [-0.2, 0) is 4.74 Å². The van der Waals surface area contributed by atoms with Crippen molar-refractivity contribution in [3.05, 3.63) is 35.4 Å². The number of benzene rings is 1. The molecular weight excluding hydrogens is 202 g/mol. The fourth-order valence-corrected chi connectivity index (χ4v) is 1.47. The maximum atomic E-state index is 11.4. The molecule has 0 heterocycles. The number of nitrogens with zero attached hydrogens (tertiary/aromatic N) is 1. The summed E-state index contributed by atoms with van der Waals surface area (Å²) >= 11 is 0. The number of esters is 1. The van der Waals surface area contributed by atoms with E-state index in [9.17, 15) is 4.79 Å². The zero-order valence-electron chi connectivity index (χ0n) is 9.56. The maximum Gasteiger partial charge on any atom is 0.338 e. The van der Waals surface area contributed by atoms with Crippen molar-refractivity contribution in [1.29, 1.82) is 5.26 Å². The highest BCUT2D eigenvalue weighted by molar-refractivity contribution is 5.89. The molecule has 0 fully saturated rings. The molecule has 0 N–H and O–H groups in total. The zero-order valence-corrected chi connectivity index (χ0v) is 9.56. The molecule has 84 valence electrons. The van der Waals surface area contributed by atoms with Gasteiger partial charge in [0.15, 0.2) is 0 Å². The number of rotatable bonds is 4. The minimum Gasteiger partial charge on any atom is -0.462 e. The molecule has 0 aliphatic carbocycles. The molecule has 0 bridgehead atoms. The van der Waals surface area contributed by atoms with Gasteiger partial charge in [0.05, 0.1) is 24.2 Å². The van der Waals surface area contributed by atoms with E-state index in [0.29, 0.717) is 12.2 Å². The Labute approximate surface area is 95.7 Å². The van der Waals surface area contributed by atoms with Crippen LogP contribution in [0, 0.1) is 11.3 Å². The van der Waals surface area contributed by atoms with Crippen LogP contribution in [0.5, 0.6) is 0 Å². The molecule has 0 aromatic heterocycles. The maximum absolute atomic E-state index is 11.4. The van der Waals surface area contributed by atoms with Gasteiger partial charge in [0, 0.05) is 0 Å². The van der Waals surface area contributed by atoms with Gasteiger partial charge in [-0.05, 0) is 31.0 Å². The molecule has 3 heteroatoms. The summed E-state index contributed by atoms with van der Waals surface area (Å²) in [4.78, 5) is 11.4. The average molecular weight is 217 g/mol. The third-order valence-corrected chi connectivity index (χ3v) is 2.39. The summed E-state index contributed by atoms with van der Waals surface area (Å²) in [5.74, 6) is -0.421. The number of nitriles is 1. The van der Waals surface area contributed by atoms with Crippen LogP contribution in [-0.4, -0.2) is 12.6 Å². The standard InChI is InChI=1S/C13H15NO2/c1-3-10(9-14)11-5-7-12(8-6-11)13(15)16-4-2/h5-8,10H,3-4H2,1-2H3. The molecule has 0 aliphatic rings. The summed E-state index contributed by atoms with van der Waals surface area (Å²) in [6, 6.07) is 9.25. The Kier molecular flexibility index (Phi) is 4.53. The lowest BCUT2D eigenvalue weighted by molar-refractivity contribution is 0.0526. The lowest BCUT2D eigenvalue weighted by atomic mass is 9.97. The smallest absolute Gasteiger partial charge is 0.338 e. The Morgan fingerprint density at radius 3 is 2.44 bits per heavy atom. The number of hydrogen-bond donors (Lipinski definition) is 0. The highest BCUT2D eigenvalue weighted by Gasteiger charge is 2.10. The van der Waals surface area contributed by atoms with Crippen LogP contribution in [0.15, 0.2) is 24.3 Å². The fourth-order valence-electron chi connectivity index (χ4n) is 1.47. The van der Waals surface area contributed by atoms with E-state index in [1.807, 2.05) is 19.1 Å². The second kappa shape index (κ2) is 5.92. The van der Waals surface area contributed by atoms with E-state index < -0.39 is 0 Å². The van der Waals surface area contributed by atoms with Gasteiger partial charge in [-0.3, -0.25) is 0 Å². The van der Waals surface area contributed by atoms with Crippen LogP contribution in [0.25, 0.3) is 0 Å². The van der Waals surface area contributed by atoms with Gasteiger partial charge >= 0.3 is 5.97 Å². The third-order valence-electron chi connectivity index (χ3n) is 2.39. The minimum atomic E-state index is -0.320. The van der Waals surface area contributed by atoms with Gasteiger partial charge in [-0.15, -0.1) is 0 Å². The topological polar surface area (TPSA) is 50.1 Å². The predicted octanol–water partition coefficient (Wildman–Crippen LogP) is 2.88. The van der Waals surface area contributed by atoms with Crippen LogP contribution in [0.4, 0.5) is 0 Å². The quantitative estimate of drug-likeness (QED) is 0.728. The first-order valence-electron chi connectivity index (χ1n) is 5.39. The van der Waals surface area contributed by atoms with E-state index in [-0.39, 0.29) is 11.9 Å². The van der Waals surface area contributed by atoms with Gasteiger partial charge in [0.2, 0.25) is 0 Å². The first kappa shape index (κ1) is 12.3. The van der Waals surface area contributed by atoms with Crippen molar-refractivity contribution in [3.8, 4) is 6.07 Å².